The van der Waals surface area contributed by atoms with Gasteiger partial charge in [-0.2, -0.15) is 0 Å². The van der Waals surface area contributed by atoms with Crippen LogP contribution >= 0.6 is 0 Å². The quantitative estimate of drug-likeness (QED) is 0.642. The molecule has 4 nitrogen and oxygen atoms in total. The second kappa shape index (κ2) is 9.22. The number of nitrogens with one attached hydrogen (secondary N) is 1. The van der Waals surface area contributed by atoms with Crippen molar-refractivity contribution in [1.29, 1.82) is 0 Å². The number of rotatable bonds is 6. The summed E-state index contributed by atoms with van der Waals surface area (Å²) < 4.78 is 0. The van der Waals surface area contributed by atoms with E-state index in [1.807, 2.05) is 61.5 Å². The first-order valence-electron chi connectivity index (χ1n) is 9.09. The van der Waals surface area contributed by atoms with Gasteiger partial charge >= 0.3 is 0 Å². The lowest BCUT2D eigenvalue weighted by Crippen LogP contribution is -2.43. The average molecular weight is 347 g/mol. The molecule has 1 aliphatic rings. The number of hydrogen-bond acceptors (Lipinski definition) is 4. The molecule has 0 aliphatic carbocycles. The van der Waals surface area contributed by atoms with E-state index in [1.165, 1.54) is 0 Å². The summed E-state index contributed by atoms with van der Waals surface area (Å²) in [7, 11) is 0. The zero-order valence-electron chi connectivity index (χ0n) is 15.2. The van der Waals surface area contributed by atoms with Crippen molar-refractivity contribution in [3.63, 3.8) is 0 Å². The lowest BCUT2D eigenvalue weighted by atomic mass is 10.0. The molecule has 3 rings (SSSR count). The van der Waals surface area contributed by atoms with Gasteiger partial charge in [-0.25, -0.2) is 4.98 Å². The van der Waals surface area contributed by atoms with Crippen molar-refractivity contribution < 1.29 is 4.79 Å². The Bertz CT molecular complexity index is 805. The van der Waals surface area contributed by atoms with Crippen LogP contribution in [-0.2, 0) is 6.54 Å². The summed E-state index contributed by atoms with van der Waals surface area (Å²) in [6, 6.07) is 13.7. The summed E-state index contributed by atoms with van der Waals surface area (Å²) in [5, 5.41) is 3.36. The van der Waals surface area contributed by atoms with Crippen LogP contribution in [0.5, 0.6) is 0 Å². The van der Waals surface area contributed by atoms with Crippen LogP contribution in [0.2, 0.25) is 0 Å². The molecule has 134 valence electrons. The van der Waals surface area contributed by atoms with Gasteiger partial charge in [-0.3, -0.25) is 9.69 Å². The topological polar surface area (TPSA) is 45.2 Å². The van der Waals surface area contributed by atoms with E-state index in [2.05, 4.69) is 15.2 Å². The van der Waals surface area contributed by atoms with Crippen molar-refractivity contribution in [2.75, 3.05) is 26.2 Å². The zero-order chi connectivity index (χ0) is 18.2. The van der Waals surface area contributed by atoms with Crippen molar-refractivity contribution in [1.82, 2.24) is 15.2 Å². The number of pyridine rings is 1. The summed E-state index contributed by atoms with van der Waals surface area (Å²) in [6.07, 6.45) is 7.31. The number of nitrogens with zero attached hydrogens (tertiary/aromatic N) is 2. The highest BCUT2D eigenvalue weighted by atomic mass is 16.1. The fourth-order valence-electron chi connectivity index (χ4n) is 3.08. The van der Waals surface area contributed by atoms with Crippen molar-refractivity contribution in [2.45, 2.75) is 13.5 Å². The molecule has 4 heteroatoms. The van der Waals surface area contributed by atoms with Crippen molar-refractivity contribution >= 4 is 17.9 Å². The molecule has 1 saturated heterocycles. The molecule has 0 atom stereocenters. The minimum Gasteiger partial charge on any atom is -0.314 e. The van der Waals surface area contributed by atoms with Gasteiger partial charge in [0.2, 0.25) is 0 Å². The number of allylic oxidation sites excluding steroid dienone is 2. The molecule has 2 aromatic rings. The molecule has 1 aromatic carbocycles. The number of hydrogen-bond donors (Lipinski definition) is 1. The van der Waals surface area contributed by atoms with E-state index in [9.17, 15) is 4.79 Å². The molecule has 2 heterocycles. The largest absolute Gasteiger partial charge is 0.314 e. The predicted molar refractivity (Wildman–Crippen MR) is 107 cm³/mol. The molecule has 1 N–H and O–H groups in total. The molecule has 1 aliphatic heterocycles. The van der Waals surface area contributed by atoms with E-state index < -0.39 is 0 Å². The summed E-state index contributed by atoms with van der Waals surface area (Å²) in [6.45, 7) is 6.81. The number of benzene rings is 1. The Balaban J connectivity index is 1.74. The van der Waals surface area contributed by atoms with Gasteiger partial charge < -0.3 is 5.32 Å². The average Bonchev–Trinajstić information content (AvgIpc) is 2.68. The van der Waals surface area contributed by atoms with E-state index in [0.717, 1.165) is 55.2 Å². The first-order chi connectivity index (χ1) is 12.8. The molecule has 0 spiro atoms. The minimum absolute atomic E-state index is 0.0222. The fraction of sp³-hybridized carbons (Fsp3) is 0.273. The van der Waals surface area contributed by atoms with E-state index >= 15 is 0 Å². The fourth-order valence-corrected chi connectivity index (χ4v) is 3.08. The molecule has 0 bridgehead atoms. The van der Waals surface area contributed by atoms with Gasteiger partial charge in [0.25, 0.3) is 0 Å². The van der Waals surface area contributed by atoms with Gasteiger partial charge in [0.15, 0.2) is 5.78 Å². The zero-order valence-corrected chi connectivity index (χ0v) is 15.2. The van der Waals surface area contributed by atoms with Crippen LogP contribution in [0.4, 0.5) is 0 Å². The Hall–Kier alpha value is -2.56. The van der Waals surface area contributed by atoms with E-state index in [0.29, 0.717) is 0 Å². The Morgan fingerprint density at radius 2 is 1.81 bits per heavy atom. The highest BCUT2D eigenvalue weighted by molar-refractivity contribution is 6.07. The maximum atomic E-state index is 12.7. The van der Waals surface area contributed by atoms with E-state index in [-0.39, 0.29) is 5.78 Å². The summed E-state index contributed by atoms with van der Waals surface area (Å²) in [5.74, 6) is 0.0222. The molecule has 1 aromatic heterocycles. The third-order valence-corrected chi connectivity index (χ3v) is 4.42. The molecule has 26 heavy (non-hydrogen) atoms. The van der Waals surface area contributed by atoms with Crippen LogP contribution in [-0.4, -0.2) is 41.8 Å². The monoisotopic (exact) mass is 347 g/mol. The predicted octanol–water partition coefficient (Wildman–Crippen LogP) is 3.42. The highest BCUT2D eigenvalue weighted by Gasteiger charge is 2.14. The first-order valence-corrected chi connectivity index (χ1v) is 9.09. The maximum absolute atomic E-state index is 12.7. The van der Waals surface area contributed by atoms with E-state index in [1.54, 1.807) is 12.2 Å². The third kappa shape index (κ3) is 4.97. The SMILES string of the molecule is C/C=C/c1cccc(/C=C/C(=O)c2ccccc2CN2CCNCC2)n1. The van der Waals surface area contributed by atoms with Crippen LogP contribution < -0.4 is 5.32 Å². The van der Waals surface area contributed by atoms with Crippen LogP contribution in [0.25, 0.3) is 12.2 Å². The van der Waals surface area contributed by atoms with Crippen LogP contribution in [0.3, 0.4) is 0 Å². The molecule has 0 radical (unpaired) electrons. The lowest BCUT2D eigenvalue weighted by Gasteiger charge is -2.27. The molecular weight excluding hydrogens is 322 g/mol. The Morgan fingerprint density at radius 3 is 2.58 bits per heavy atom. The molecule has 0 unspecified atom stereocenters. The molecule has 1 fully saturated rings. The number of ketones is 1. The van der Waals surface area contributed by atoms with Gasteiger partial charge in [0.05, 0.1) is 11.4 Å². The Labute approximate surface area is 155 Å². The van der Waals surface area contributed by atoms with Crippen LogP contribution in [0.1, 0.15) is 34.2 Å². The van der Waals surface area contributed by atoms with Crippen LogP contribution in [0.15, 0.2) is 54.6 Å². The van der Waals surface area contributed by atoms with Crippen molar-refractivity contribution in [3.8, 4) is 0 Å². The number of carbonyl (C=O) groups excluding carboxylic acids is 1. The smallest absolute Gasteiger partial charge is 0.186 e. The number of piperazine rings is 1. The second-order valence-electron chi connectivity index (χ2n) is 6.37. The first kappa shape index (κ1) is 18.2. The van der Waals surface area contributed by atoms with Crippen LogP contribution in [0, 0.1) is 0 Å². The summed E-state index contributed by atoms with van der Waals surface area (Å²) in [5.41, 5.74) is 3.53. The van der Waals surface area contributed by atoms with Gasteiger partial charge in [0, 0.05) is 38.3 Å². The van der Waals surface area contributed by atoms with E-state index in [4.69, 9.17) is 0 Å². The second-order valence-corrected chi connectivity index (χ2v) is 6.37. The lowest BCUT2D eigenvalue weighted by molar-refractivity contribution is 0.104. The Morgan fingerprint density at radius 1 is 1.08 bits per heavy atom. The third-order valence-electron chi connectivity index (χ3n) is 4.42. The number of carbonyl (C=O) groups is 1. The van der Waals surface area contributed by atoms with Gasteiger partial charge in [-0.1, -0.05) is 36.4 Å². The van der Waals surface area contributed by atoms with Gasteiger partial charge in [-0.15, -0.1) is 0 Å². The summed E-state index contributed by atoms with van der Waals surface area (Å²) in [4.78, 5) is 19.6. The molecule has 0 saturated carbocycles. The summed E-state index contributed by atoms with van der Waals surface area (Å²) >= 11 is 0. The standard InChI is InChI=1S/C22H25N3O/c1-2-6-19-8-5-9-20(24-19)11-12-22(26)21-10-4-3-7-18(21)17-25-15-13-23-14-16-25/h2-12,23H,13-17H2,1H3/b6-2+,12-11+. The number of aromatic nitrogens is 1. The molecule has 0 amide bonds. The van der Waals surface area contributed by atoms with Gasteiger partial charge in [0.1, 0.15) is 0 Å². The van der Waals surface area contributed by atoms with Gasteiger partial charge in [-0.05, 0) is 42.8 Å². The maximum Gasteiger partial charge on any atom is 0.186 e. The van der Waals surface area contributed by atoms with Crippen molar-refractivity contribution in [2.24, 2.45) is 0 Å². The molecular formula is C22H25N3O. The highest BCUT2D eigenvalue weighted by Crippen LogP contribution is 2.14. The normalized spacial score (nSPS) is 15.7. The Kier molecular flexibility index (Phi) is 6.47. The van der Waals surface area contributed by atoms with Crippen molar-refractivity contribution in [3.05, 3.63) is 77.1 Å². The minimum atomic E-state index is 0.0222.